The maximum Gasteiger partial charge on any atom is 0.178 e. The predicted octanol–water partition coefficient (Wildman–Crippen LogP) is 2.41. The monoisotopic (exact) mass is 227 g/mol. The van der Waals surface area contributed by atoms with Crippen LogP contribution in [0.3, 0.4) is 0 Å². The highest BCUT2D eigenvalue weighted by Gasteiger charge is 2.03. The highest BCUT2D eigenvalue weighted by molar-refractivity contribution is 8.01. The van der Waals surface area contributed by atoms with Crippen LogP contribution in [-0.2, 0) is 0 Å². The minimum Gasteiger partial charge on any atom is -0.399 e. The molecule has 0 unspecified atom stereocenters. The summed E-state index contributed by atoms with van der Waals surface area (Å²) >= 11 is 2.75. The van der Waals surface area contributed by atoms with Gasteiger partial charge in [0.25, 0.3) is 0 Å². The minimum atomic E-state index is -0.336. The van der Waals surface area contributed by atoms with E-state index in [1.807, 2.05) is 0 Å². The summed E-state index contributed by atoms with van der Waals surface area (Å²) in [6.45, 7) is 0. The summed E-state index contributed by atoms with van der Waals surface area (Å²) in [6.07, 6.45) is 0. The lowest BCUT2D eigenvalue weighted by Crippen LogP contribution is -1.86. The molecule has 0 aliphatic rings. The number of hydrogen-bond donors (Lipinski definition) is 1. The number of nitrogens with two attached hydrogens (primary N) is 1. The standard InChI is InChI=1S/C8H6FN3S2/c9-5-1-6(10)3-7(2-5)14-8-12-11-4-13-8/h1-4H,10H2. The van der Waals surface area contributed by atoms with Gasteiger partial charge in [-0.25, -0.2) is 4.39 Å². The van der Waals surface area contributed by atoms with E-state index in [0.29, 0.717) is 5.69 Å². The molecule has 0 aliphatic carbocycles. The molecule has 6 heteroatoms. The van der Waals surface area contributed by atoms with E-state index in [0.717, 1.165) is 9.24 Å². The second kappa shape index (κ2) is 3.93. The van der Waals surface area contributed by atoms with Crippen molar-refractivity contribution in [1.29, 1.82) is 0 Å². The Labute approximate surface area is 88.2 Å². The molecular weight excluding hydrogens is 221 g/mol. The Kier molecular flexibility index (Phi) is 2.64. The van der Waals surface area contributed by atoms with Gasteiger partial charge in [0.15, 0.2) is 4.34 Å². The van der Waals surface area contributed by atoms with Crippen LogP contribution >= 0.6 is 23.1 Å². The zero-order valence-electron chi connectivity index (χ0n) is 6.98. The van der Waals surface area contributed by atoms with Crippen molar-refractivity contribution in [2.75, 3.05) is 5.73 Å². The minimum absolute atomic E-state index is 0.336. The molecule has 3 nitrogen and oxygen atoms in total. The molecule has 1 heterocycles. The molecule has 0 bridgehead atoms. The van der Waals surface area contributed by atoms with Crippen molar-refractivity contribution in [2.24, 2.45) is 0 Å². The van der Waals surface area contributed by atoms with Gasteiger partial charge in [-0.3, -0.25) is 0 Å². The Bertz CT molecular complexity index is 410. The fourth-order valence-corrected chi connectivity index (χ4v) is 2.50. The highest BCUT2D eigenvalue weighted by Crippen LogP contribution is 2.30. The average Bonchev–Trinajstić information content (AvgIpc) is 2.54. The molecule has 0 saturated heterocycles. The fraction of sp³-hybridized carbons (Fsp3) is 0. The molecule has 0 saturated carbocycles. The van der Waals surface area contributed by atoms with Crippen LogP contribution in [0, 0.1) is 5.82 Å². The number of nitrogens with zero attached hydrogens (tertiary/aromatic N) is 2. The quantitative estimate of drug-likeness (QED) is 0.800. The molecule has 1 aromatic carbocycles. The van der Waals surface area contributed by atoms with Crippen molar-refractivity contribution >= 4 is 28.8 Å². The number of anilines is 1. The normalized spacial score (nSPS) is 10.4. The first-order valence-electron chi connectivity index (χ1n) is 3.74. The SMILES string of the molecule is Nc1cc(F)cc(Sc2nncs2)c1. The topological polar surface area (TPSA) is 51.8 Å². The summed E-state index contributed by atoms with van der Waals surface area (Å²) in [7, 11) is 0. The van der Waals surface area contributed by atoms with E-state index in [4.69, 9.17) is 5.73 Å². The van der Waals surface area contributed by atoms with E-state index in [1.165, 1.54) is 35.2 Å². The van der Waals surface area contributed by atoms with Gasteiger partial charge in [0.1, 0.15) is 11.3 Å². The third-order valence-electron chi connectivity index (χ3n) is 1.44. The lowest BCUT2D eigenvalue weighted by Gasteiger charge is -1.99. The molecule has 2 aromatic rings. The molecule has 0 amide bonds. The van der Waals surface area contributed by atoms with E-state index in [-0.39, 0.29) is 5.82 Å². The summed E-state index contributed by atoms with van der Waals surface area (Å²) in [5, 5.41) is 7.52. The van der Waals surface area contributed by atoms with Crippen LogP contribution in [0.15, 0.2) is 32.9 Å². The molecule has 1 aromatic heterocycles. The molecule has 0 fully saturated rings. The van der Waals surface area contributed by atoms with Gasteiger partial charge in [0, 0.05) is 10.6 Å². The molecule has 14 heavy (non-hydrogen) atoms. The van der Waals surface area contributed by atoms with Crippen molar-refractivity contribution in [2.45, 2.75) is 9.24 Å². The van der Waals surface area contributed by atoms with Crippen LogP contribution in [-0.4, -0.2) is 10.2 Å². The summed E-state index contributed by atoms with van der Waals surface area (Å²) in [5.41, 5.74) is 7.55. The van der Waals surface area contributed by atoms with Crippen molar-refractivity contribution in [1.82, 2.24) is 10.2 Å². The smallest absolute Gasteiger partial charge is 0.178 e. The number of benzene rings is 1. The Balaban J connectivity index is 2.25. The van der Waals surface area contributed by atoms with Gasteiger partial charge < -0.3 is 5.73 Å². The summed E-state index contributed by atoms with van der Waals surface area (Å²) in [6, 6.07) is 4.40. The van der Waals surface area contributed by atoms with E-state index in [2.05, 4.69) is 10.2 Å². The molecular formula is C8H6FN3S2. The Hall–Kier alpha value is -1.14. The molecule has 72 valence electrons. The van der Waals surface area contributed by atoms with Crippen molar-refractivity contribution in [3.8, 4) is 0 Å². The fourth-order valence-electron chi connectivity index (χ4n) is 0.952. The van der Waals surface area contributed by atoms with Gasteiger partial charge in [-0.1, -0.05) is 23.1 Å². The Morgan fingerprint density at radius 2 is 2.21 bits per heavy atom. The third kappa shape index (κ3) is 2.21. The number of halogens is 1. The average molecular weight is 227 g/mol. The zero-order chi connectivity index (χ0) is 9.97. The van der Waals surface area contributed by atoms with E-state index >= 15 is 0 Å². The summed E-state index contributed by atoms with van der Waals surface area (Å²) in [4.78, 5) is 0.735. The number of aromatic nitrogens is 2. The highest BCUT2D eigenvalue weighted by atomic mass is 32.2. The van der Waals surface area contributed by atoms with Gasteiger partial charge in [0.05, 0.1) is 0 Å². The summed E-state index contributed by atoms with van der Waals surface area (Å²) < 4.78 is 13.7. The van der Waals surface area contributed by atoms with E-state index < -0.39 is 0 Å². The first-order valence-corrected chi connectivity index (χ1v) is 5.44. The van der Waals surface area contributed by atoms with Gasteiger partial charge in [-0.05, 0) is 18.2 Å². The predicted molar refractivity (Wildman–Crippen MR) is 54.8 cm³/mol. The zero-order valence-corrected chi connectivity index (χ0v) is 8.61. The first kappa shape index (κ1) is 9.42. The second-order valence-electron chi connectivity index (χ2n) is 2.53. The summed E-state index contributed by atoms with van der Waals surface area (Å²) in [5.74, 6) is -0.336. The number of hydrogen-bond acceptors (Lipinski definition) is 5. The van der Waals surface area contributed by atoms with Crippen molar-refractivity contribution < 1.29 is 4.39 Å². The Morgan fingerprint density at radius 3 is 2.86 bits per heavy atom. The lowest BCUT2D eigenvalue weighted by atomic mass is 10.3. The van der Waals surface area contributed by atoms with E-state index in [9.17, 15) is 4.39 Å². The third-order valence-corrected chi connectivity index (χ3v) is 3.19. The molecule has 0 aliphatic heterocycles. The molecule has 2 rings (SSSR count). The van der Waals surface area contributed by atoms with Crippen LogP contribution in [0.25, 0.3) is 0 Å². The van der Waals surface area contributed by atoms with Crippen LogP contribution in [0.1, 0.15) is 0 Å². The van der Waals surface area contributed by atoms with Gasteiger partial charge >= 0.3 is 0 Å². The largest absolute Gasteiger partial charge is 0.399 e. The maximum absolute atomic E-state index is 12.9. The lowest BCUT2D eigenvalue weighted by molar-refractivity contribution is 0.625. The first-order chi connectivity index (χ1) is 6.74. The van der Waals surface area contributed by atoms with Gasteiger partial charge in [0.2, 0.25) is 0 Å². The van der Waals surface area contributed by atoms with Crippen molar-refractivity contribution in [3.63, 3.8) is 0 Å². The number of nitrogen functional groups attached to an aromatic ring is 1. The molecule has 2 N–H and O–H groups in total. The van der Waals surface area contributed by atoms with Crippen LogP contribution < -0.4 is 5.73 Å². The van der Waals surface area contributed by atoms with E-state index in [1.54, 1.807) is 11.6 Å². The van der Waals surface area contributed by atoms with Gasteiger partial charge in [-0.2, -0.15) is 0 Å². The molecule has 0 radical (unpaired) electrons. The van der Waals surface area contributed by atoms with Crippen LogP contribution in [0.2, 0.25) is 0 Å². The second-order valence-corrected chi connectivity index (χ2v) is 4.68. The molecule has 0 atom stereocenters. The molecule has 0 spiro atoms. The Morgan fingerprint density at radius 1 is 1.36 bits per heavy atom. The van der Waals surface area contributed by atoms with Gasteiger partial charge in [-0.15, -0.1) is 10.2 Å². The number of rotatable bonds is 2. The van der Waals surface area contributed by atoms with Crippen LogP contribution in [0.4, 0.5) is 10.1 Å². The van der Waals surface area contributed by atoms with Crippen molar-refractivity contribution in [3.05, 3.63) is 29.5 Å². The maximum atomic E-state index is 12.9. The van der Waals surface area contributed by atoms with Crippen LogP contribution in [0.5, 0.6) is 0 Å².